The van der Waals surface area contributed by atoms with Gasteiger partial charge in [-0.3, -0.25) is 14.4 Å². The van der Waals surface area contributed by atoms with E-state index in [1.165, 1.54) is 12.8 Å². The minimum absolute atomic E-state index is 0.0447. The second-order valence-corrected chi connectivity index (χ2v) is 11.1. The quantitative estimate of drug-likeness (QED) is 0.484. The van der Waals surface area contributed by atoms with E-state index >= 15 is 0 Å². The predicted molar refractivity (Wildman–Crippen MR) is 142 cm³/mol. The van der Waals surface area contributed by atoms with Crippen LogP contribution in [0.5, 0.6) is 0 Å². The van der Waals surface area contributed by atoms with Crippen LogP contribution in [0.1, 0.15) is 55.8 Å². The molecule has 2 atom stereocenters. The molecule has 3 aliphatic rings. The molecule has 5 heterocycles. The molecule has 3 aliphatic heterocycles. The molecule has 3 saturated heterocycles. The van der Waals surface area contributed by atoms with Crippen molar-refractivity contribution < 1.29 is 18.0 Å². The van der Waals surface area contributed by atoms with Gasteiger partial charge in [0.2, 0.25) is 11.9 Å². The monoisotopic (exact) mass is 549 g/mol. The lowest BCUT2D eigenvalue weighted by atomic mass is 9.98. The third-order valence-corrected chi connectivity index (χ3v) is 8.33. The van der Waals surface area contributed by atoms with Crippen LogP contribution < -0.4 is 10.6 Å². The van der Waals surface area contributed by atoms with E-state index in [4.69, 9.17) is 5.10 Å². The molecule has 5 rings (SSSR count). The highest BCUT2D eigenvalue weighted by molar-refractivity contribution is 5.78. The fourth-order valence-corrected chi connectivity index (χ4v) is 6.07. The van der Waals surface area contributed by atoms with Gasteiger partial charge in [-0.25, -0.2) is 4.98 Å². The van der Waals surface area contributed by atoms with E-state index in [1.807, 2.05) is 29.7 Å². The zero-order valence-corrected chi connectivity index (χ0v) is 22.8. The molecule has 0 spiro atoms. The SMILES string of the molecule is Cc1nn(C2CC3CCC(C2)N3C)cc1Nc1ncc(C(F)(F)F)c(NCCCN2CCCN(C)CC2=O)n1. The Balaban J connectivity index is 1.24. The molecular formula is C26H38F3N9O. The number of amides is 1. The van der Waals surface area contributed by atoms with Crippen molar-refractivity contribution in [3.63, 3.8) is 0 Å². The van der Waals surface area contributed by atoms with Crippen molar-refractivity contribution in [1.29, 1.82) is 0 Å². The van der Waals surface area contributed by atoms with E-state index in [2.05, 4.69) is 32.5 Å². The van der Waals surface area contributed by atoms with Crippen molar-refractivity contribution in [2.45, 2.75) is 69.8 Å². The first kappa shape index (κ1) is 27.6. The Morgan fingerprint density at radius 1 is 1.10 bits per heavy atom. The van der Waals surface area contributed by atoms with Crippen LogP contribution in [0.3, 0.4) is 0 Å². The van der Waals surface area contributed by atoms with E-state index in [0.29, 0.717) is 49.9 Å². The number of halogens is 3. The maximum atomic E-state index is 13.7. The number of piperidine rings is 1. The van der Waals surface area contributed by atoms with Gasteiger partial charge >= 0.3 is 6.18 Å². The summed E-state index contributed by atoms with van der Waals surface area (Å²) < 4.78 is 43.1. The van der Waals surface area contributed by atoms with Crippen LogP contribution >= 0.6 is 0 Å². The summed E-state index contributed by atoms with van der Waals surface area (Å²) in [6.07, 6.45) is 4.01. The van der Waals surface area contributed by atoms with E-state index in [9.17, 15) is 18.0 Å². The number of nitrogens with zero attached hydrogens (tertiary/aromatic N) is 7. The summed E-state index contributed by atoms with van der Waals surface area (Å²) in [5.74, 6) is -0.162. The summed E-state index contributed by atoms with van der Waals surface area (Å²) in [7, 11) is 4.10. The number of nitrogens with one attached hydrogen (secondary N) is 2. The maximum Gasteiger partial charge on any atom is 0.421 e. The zero-order chi connectivity index (χ0) is 27.7. The smallest absolute Gasteiger partial charge is 0.369 e. The average molecular weight is 550 g/mol. The van der Waals surface area contributed by atoms with Crippen molar-refractivity contribution in [2.24, 2.45) is 0 Å². The van der Waals surface area contributed by atoms with Crippen molar-refractivity contribution in [2.75, 3.05) is 57.5 Å². The molecule has 0 aliphatic carbocycles. The molecule has 2 unspecified atom stereocenters. The van der Waals surface area contributed by atoms with Crippen molar-refractivity contribution >= 4 is 23.4 Å². The third kappa shape index (κ3) is 6.29. The summed E-state index contributed by atoms with van der Waals surface area (Å²) in [5, 5.41) is 10.6. The van der Waals surface area contributed by atoms with Gasteiger partial charge in [-0.05, 0) is 59.5 Å². The van der Waals surface area contributed by atoms with E-state index in [-0.39, 0.29) is 24.2 Å². The lowest BCUT2D eigenvalue weighted by Gasteiger charge is -2.36. The molecule has 2 N–H and O–H groups in total. The maximum absolute atomic E-state index is 13.7. The van der Waals surface area contributed by atoms with E-state index in [1.54, 1.807) is 4.90 Å². The second kappa shape index (κ2) is 11.3. The molecule has 13 heteroatoms. The molecule has 0 radical (unpaired) electrons. The van der Waals surface area contributed by atoms with Gasteiger partial charge in [0.1, 0.15) is 11.4 Å². The highest BCUT2D eigenvalue weighted by atomic mass is 19.4. The van der Waals surface area contributed by atoms with Gasteiger partial charge in [0.05, 0.1) is 24.0 Å². The van der Waals surface area contributed by atoms with Crippen LogP contribution in [0.2, 0.25) is 0 Å². The number of rotatable bonds is 8. The van der Waals surface area contributed by atoms with E-state index in [0.717, 1.165) is 37.7 Å². The summed E-state index contributed by atoms with van der Waals surface area (Å²) in [4.78, 5) is 26.7. The zero-order valence-electron chi connectivity index (χ0n) is 22.8. The number of carbonyl (C=O) groups excluding carboxylic acids is 1. The predicted octanol–water partition coefficient (Wildman–Crippen LogP) is 3.51. The average Bonchev–Trinajstić information content (AvgIpc) is 3.24. The number of aromatic nitrogens is 4. The number of anilines is 3. The largest absolute Gasteiger partial charge is 0.421 e. The van der Waals surface area contributed by atoms with Gasteiger partial charge in [-0.15, -0.1) is 0 Å². The molecule has 0 saturated carbocycles. The Labute approximate surface area is 226 Å². The molecule has 39 heavy (non-hydrogen) atoms. The number of likely N-dealkylation sites (N-methyl/N-ethyl adjacent to an activating group) is 1. The Kier molecular flexibility index (Phi) is 7.99. The third-order valence-electron chi connectivity index (χ3n) is 8.33. The van der Waals surface area contributed by atoms with Crippen LogP contribution in [0, 0.1) is 6.92 Å². The molecule has 2 aromatic heterocycles. The molecule has 2 aromatic rings. The van der Waals surface area contributed by atoms with Crippen LogP contribution in [0.15, 0.2) is 12.4 Å². The first-order valence-corrected chi connectivity index (χ1v) is 13.8. The highest BCUT2D eigenvalue weighted by Gasteiger charge is 2.39. The Morgan fingerprint density at radius 3 is 2.56 bits per heavy atom. The normalized spacial score (nSPS) is 24.7. The number of carbonyl (C=O) groups is 1. The first-order chi connectivity index (χ1) is 18.6. The Hall–Kier alpha value is -2.93. The number of alkyl halides is 3. The minimum atomic E-state index is -4.60. The van der Waals surface area contributed by atoms with E-state index < -0.39 is 11.7 Å². The van der Waals surface area contributed by atoms with Gasteiger partial charge in [0, 0.05) is 50.7 Å². The number of aryl methyl sites for hydroxylation is 1. The second-order valence-electron chi connectivity index (χ2n) is 11.1. The number of hydrogen-bond acceptors (Lipinski definition) is 8. The molecule has 10 nitrogen and oxygen atoms in total. The molecule has 0 aromatic carbocycles. The minimum Gasteiger partial charge on any atom is -0.369 e. The summed E-state index contributed by atoms with van der Waals surface area (Å²) in [6.45, 7) is 4.46. The van der Waals surface area contributed by atoms with Crippen molar-refractivity contribution in [3.8, 4) is 0 Å². The van der Waals surface area contributed by atoms with Gasteiger partial charge in [-0.1, -0.05) is 0 Å². The summed E-state index contributed by atoms with van der Waals surface area (Å²) in [5.41, 5.74) is 0.499. The lowest BCUT2D eigenvalue weighted by molar-refractivity contribution is -0.137. The molecule has 214 valence electrons. The van der Waals surface area contributed by atoms with Crippen LogP contribution in [0.4, 0.5) is 30.6 Å². The van der Waals surface area contributed by atoms with Gasteiger partial charge < -0.3 is 20.4 Å². The van der Waals surface area contributed by atoms with Crippen molar-refractivity contribution in [1.82, 2.24) is 34.4 Å². The van der Waals surface area contributed by atoms with Crippen LogP contribution in [-0.4, -0.2) is 99.3 Å². The van der Waals surface area contributed by atoms with Gasteiger partial charge in [-0.2, -0.15) is 23.3 Å². The summed E-state index contributed by atoms with van der Waals surface area (Å²) >= 11 is 0. The number of fused-ring (bicyclic) bond motifs is 2. The topological polar surface area (TPSA) is 94.5 Å². The molecular weight excluding hydrogens is 511 g/mol. The van der Waals surface area contributed by atoms with Gasteiger partial charge in [0.15, 0.2) is 0 Å². The highest BCUT2D eigenvalue weighted by Crippen LogP contribution is 2.40. The van der Waals surface area contributed by atoms with Crippen LogP contribution in [-0.2, 0) is 11.0 Å². The molecule has 3 fully saturated rings. The summed E-state index contributed by atoms with van der Waals surface area (Å²) in [6, 6.07) is 1.44. The van der Waals surface area contributed by atoms with Gasteiger partial charge in [0.25, 0.3) is 0 Å². The van der Waals surface area contributed by atoms with Crippen LogP contribution in [0.25, 0.3) is 0 Å². The Morgan fingerprint density at radius 2 is 1.85 bits per heavy atom. The standard InChI is InChI=1S/C26H38F3N9O/c1-17-22(15-38(34-17)20-12-18-6-7-19(13-20)36(18)3)32-25-31-14-21(26(27,28)29)24(33-25)30-8-4-10-37-11-5-9-35(2)16-23(37)39/h14-15,18-20H,4-13,16H2,1-3H3,(H2,30,31,32,33). The number of hydrogen-bond donors (Lipinski definition) is 2. The molecule has 1 amide bonds. The fraction of sp³-hybridized carbons (Fsp3) is 0.692. The fourth-order valence-electron chi connectivity index (χ4n) is 6.07. The lowest BCUT2D eigenvalue weighted by Crippen LogP contribution is -2.40. The first-order valence-electron chi connectivity index (χ1n) is 13.8. The Bertz CT molecular complexity index is 1160. The molecule has 2 bridgehead atoms. The van der Waals surface area contributed by atoms with Crippen molar-refractivity contribution in [3.05, 3.63) is 23.7 Å².